The predicted octanol–water partition coefficient (Wildman–Crippen LogP) is -2.38. The fourth-order valence-corrected chi connectivity index (χ4v) is 2.40. The summed E-state index contributed by atoms with van der Waals surface area (Å²) in [4.78, 5) is 8.26. The Hall–Kier alpha value is -1.52. The Morgan fingerprint density at radius 3 is 2.85 bits per heavy atom. The van der Waals surface area contributed by atoms with Crippen molar-refractivity contribution in [2.75, 3.05) is 6.61 Å². The normalized spacial score (nSPS) is 36.5. The van der Waals surface area contributed by atoms with Crippen molar-refractivity contribution in [3.05, 3.63) is 12.0 Å². The molecule has 9 nitrogen and oxygen atoms in total. The number of hydrogen-bond acceptors (Lipinski definition) is 8. The second-order valence-electron chi connectivity index (χ2n) is 4.80. The first-order valence-corrected chi connectivity index (χ1v) is 6.26. The highest BCUT2D eigenvalue weighted by molar-refractivity contribution is 5.62. The molecular weight excluding hydrogens is 268 g/mol. The number of aliphatic imine (C=N–C) groups is 1. The van der Waals surface area contributed by atoms with Crippen molar-refractivity contribution in [2.24, 2.45) is 4.99 Å². The lowest BCUT2D eigenvalue weighted by molar-refractivity contribution is -0.0519. The Bertz CT molecular complexity index is 519. The number of hydrogen-bond donors (Lipinski definition) is 5. The summed E-state index contributed by atoms with van der Waals surface area (Å²) < 4.78 is 6.91. The molecule has 1 aromatic heterocycles. The van der Waals surface area contributed by atoms with Gasteiger partial charge in [0.1, 0.15) is 24.5 Å². The zero-order chi connectivity index (χ0) is 14.3. The Labute approximate surface area is 114 Å². The molecule has 9 heteroatoms. The van der Waals surface area contributed by atoms with Crippen LogP contribution in [0, 0.1) is 0 Å². The molecule has 0 aliphatic carbocycles. The van der Waals surface area contributed by atoms with Crippen molar-refractivity contribution in [3.8, 4) is 0 Å². The van der Waals surface area contributed by atoms with Crippen LogP contribution < -0.4 is 5.32 Å². The van der Waals surface area contributed by atoms with Crippen LogP contribution in [-0.2, 0) is 11.2 Å². The molecule has 3 rings (SSSR count). The van der Waals surface area contributed by atoms with Gasteiger partial charge in [-0.15, -0.1) is 0 Å². The summed E-state index contributed by atoms with van der Waals surface area (Å²) in [5, 5.41) is 41.1. The molecule has 0 bridgehead atoms. The van der Waals surface area contributed by atoms with E-state index in [1.807, 2.05) is 0 Å². The average molecular weight is 284 g/mol. The zero-order valence-electron chi connectivity index (χ0n) is 10.5. The maximum atomic E-state index is 10.0. The van der Waals surface area contributed by atoms with Gasteiger partial charge in [-0.3, -0.25) is 4.57 Å². The summed E-state index contributed by atoms with van der Waals surface area (Å²) in [7, 11) is 0. The first-order valence-electron chi connectivity index (χ1n) is 6.26. The van der Waals surface area contributed by atoms with Crippen molar-refractivity contribution < 1.29 is 25.2 Å². The molecule has 0 aromatic carbocycles. The van der Waals surface area contributed by atoms with E-state index in [0.29, 0.717) is 11.5 Å². The topological polar surface area (TPSA) is 132 Å². The van der Waals surface area contributed by atoms with Crippen LogP contribution in [0.2, 0.25) is 0 Å². The first kappa shape index (κ1) is 13.5. The minimum atomic E-state index is -1.19. The van der Waals surface area contributed by atoms with E-state index in [4.69, 9.17) is 9.84 Å². The van der Waals surface area contributed by atoms with Gasteiger partial charge in [0.15, 0.2) is 12.0 Å². The molecule has 1 fully saturated rings. The summed E-state index contributed by atoms with van der Waals surface area (Å²) in [6, 6.07) is 0. The van der Waals surface area contributed by atoms with Gasteiger partial charge in [0.05, 0.1) is 25.0 Å². The summed E-state index contributed by atoms with van der Waals surface area (Å²) >= 11 is 0. The minimum absolute atomic E-state index is 0.261. The number of fused-ring (bicyclic) bond motifs is 1. The van der Waals surface area contributed by atoms with E-state index in [-0.39, 0.29) is 6.42 Å². The molecule has 3 heterocycles. The monoisotopic (exact) mass is 284 g/mol. The SMILES string of the molecule is OC[C@H]1O[C@@H](n2cnc3c2N=CNC(O)C3)[C@H](O)[C@@H]1O. The molecule has 2 aliphatic heterocycles. The number of imidazole rings is 1. The Kier molecular flexibility index (Phi) is 3.44. The molecule has 1 saturated heterocycles. The van der Waals surface area contributed by atoms with E-state index in [0.717, 1.165) is 0 Å². The third-order valence-electron chi connectivity index (χ3n) is 3.47. The fourth-order valence-electron chi connectivity index (χ4n) is 2.40. The number of nitrogens with zero attached hydrogens (tertiary/aromatic N) is 3. The maximum Gasteiger partial charge on any atom is 0.165 e. The van der Waals surface area contributed by atoms with Gasteiger partial charge in [-0.05, 0) is 0 Å². The fraction of sp³-hybridized carbons (Fsp3) is 0.636. The molecular formula is C11H16N4O5. The van der Waals surface area contributed by atoms with Crippen molar-refractivity contribution >= 4 is 12.2 Å². The van der Waals surface area contributed by atoms with Crippen molar-refractivity contribution in [3.63, 3.8) is 0 Å². The van der Waals surface area contributed by atoms with Crippen LogP contribution in [0.3, 0.4) is 0 Å². The third-order valence-corrected chi connectivity index (χ3v) is 3.47. The molecule has 0 radical (unpaired) electrons. The van der Waals surface area contributed by atoms with Gasteiger partial charge >= 0.3 is 0 Å². The first-order chi connectivity index (χ1) is 9.61. The molecule has 0 spiro atoms. The van der Waals surface area contributed by atoms with Gasteiger partial charge in [0.25, 0.3) is 0 Å². The molecule has 2 aliphatic rings. The molecule has 5 atom stereocenters. The predicted molar refractivity (Wildman–Crippen MR) is 66.2 cm³/mol. The Morgan fingerprint density at radius 2 is 2.15 bits per heavy atom. The molecule has 1 unspecified atom stereocenters. The van der Waals surface area contributed by atoms with E-state index in [2.05, 4.69) is 15.3 Å². The number of ether oxygens (including phenoxy) is 1. The molecule has 20 heavy (non-hydrogen) atoms. The van der Waals surface area contributed by atoms with E-state index < -0.39 is 37.4 Å². The highest BCUT2D eigenvalue weighted by atomic mass is 16.6. The van der Waals surface area contributed by atoms with Gasteiger partial charge in [-0.25, -0.2) is 9.98 Å². The molecule has 110 valence electrons. The largest absolute Gasteiger partial charge is 0.394 e. The quantitative estimate of drug-likeness (QED) is 0.409. The summed E-state index contributed by atoms with van der Waals surface area (Å²) in [5.41, 5.74) is 0.552. The van der Waals surface area contributed by atoms with E-state index in [9.17, 15) is 15.3 Å². The zero-order valence-corrected chi connectivity index (χ0v) is 10.5. The van der Waals surface area contributed by atoms with E-state index in [1.54, 1.807) is 0 Å². The van der Waals surface area contributed by atoms with E-state index in [1.165, 1.54) is 17.2 Å². The molecule has 1 aromatic rings. The summed E-state index contributed by atoms with van der Waals surface area (Å²) in [6.07, 6.45) is -1.86. The standard InChI is InChI=1S/C11H16N4O5/c16-2-6-8(18)9(19)11(20-6)15-4-14-5-1-7(17)12-3-13-10(5)15/h3-4,6-9,11,16-19H,1-2H2,(H,12,13)/t6-,7?,8-,9-,11-/m1/s1. The number of rotatable bonds is 2. The lowest BCUT2D eigenvalue weighted by Crippen LogP contribution is -2.33. The lowest BCUT2D eigenvalue weighted by atomic mass is 10.1. The van der Waals surface area contributed by atoms with Gasteiger partial charge in [0, 0.05) is 6.42 Å². The number of nitrogens with one attached hydrogen (secondary N) is 1. The maximum absolute atomic E-state index is 10.0. The number of aliphatic hydroxyl groups is 4. The van der Waals surface area contributed by atoms with Crippen molar-refractivity contribution in [2.45, 2.75) is 37.2 Å². The summed E-state index contributed by atoms with van der Waals surface area (Å²) in [6.45, 7) is -0.394. The van der Waals surface area contributed by atoms with Crippen LogP contribution in [0.4, 0.5) is 5.82 Å². The van der Waals surface area contributed by atoms with E-state index >= 15 is 0 Å². The van der Waals surface area contributed by atoms with Crippen molar-refractivity contribution in [1.29, 1.82) is 0 Å². The van der Waals surface area contributed by atoms with Crippen LogP contribution in [0.15, 0.2) is 11.3 Å². The lowest BCUT2D eigenvalue weighted by Gasteiger charge is -2.17. The average Bonchev–Trinajstić information content (AvgIpc) is 2.87. The molecule has 5 N–H and O–H groups in total. The highest BCUT2D eigenvalue weighted by Crippen LogP contribution is 2.34. The number of aromatic nitrogens is 2. The number of aliphatic hydroxyl groups excluding tert-OH is 4. The van der Waals surface area contributed by atoms with Gasteiger partial charge in [-0.2, -0.15) is 0 Å². The third kappa shape index (κ3) is 2.09. The summed E-state index contributed by atoms with van der Waals surface area (Å²) in [5.74, 6) is 0.434. The van der Waals surface area contributed by atoms with Crippen LogP contribution in [0.25, 0.3) is 0 Å². The highest BCUT2D eigenvalue weighted by Gasteiger charge is 2.44. The molecule has 0 saturated carbocycles. The van der Waals surface area contributed by atoms with Gasteiger partial charge in [-0.1, -0.05) is 0 Å². The Balaban J connectivity index is 1.92. The van der Waals surface area contributed by atoms with Crippen LogP contribution in [-0.4, -0.2) is 67.5 Å². The van der Waals surface area contributed by atoms with Crippen molar-refractivity contribution in [1.82, 2.24) is 14.9 Å². The second-order valence-corrected chi connectivity index (χ2v) is 4.80. The smallest absolute Gasteiger partial charge is 0.165 e. The molecule has 0 amide bonds. The second kappa shape index (κ2) is 5.11. The van der Waals surface area contributed by atoms with Crippen LogP contribution in [0.1, 0.15) is 11.9 Å². The minimum Gasteiger partial charge on any atom is -0.394 e. The Morgan fingerprint density at radius 1 is 1.35 bits per heavy atom. The van der Waals surface area contributed by atoms with Gasteiger partial charge in [0.2, 0.25) is 0 Å². The van der Waals surface area contributed by atoms with Crippen LogP contribution in [0.5, 0.6) is 0 Å². The van der Waals surface area contributed by atoms with Gasteiger partial charge < -0.3 is 30.5 Å². The van der Waals surface area contributed by atoms with Crippen LogP contribution >= 0.6 is 0 Å².